The van der Waals surface area contributed by atoms with Gasteiger partial charge in [-0.25, -0.2) is 8.42 Å². The van der Waals surface area contributed by atoms with Crippen molar-refractivity contribution in [3.05, 3.63) is 83.4 Å². The highest BCUT2D eigenvalue weighted by molar-refractivity contribution is 7.92. The first-order valence-electron chi connectivity index (χ1n) is 9.09. The predicted octanol–water partition coefficient (Wildman–Crippen LogP) is 4.49. The predicted molar refractivity (Wildman–Crippen MR) is 119 cm³/mol. The number of nitrogens with zero attached hydrogens (tertiary/aromatic N) is 1. The lowest BCUT2D eigenvalue weighted by Crippen LogP contribution is -2.38. The van der Waals surface area contributed by atoms with Crippen LogP contribution in [0.4, 0.5) is 11.4 Å². The molecule has 0 fully saturated rings. The van der Waals surface area contributed by atoms with Gasteiger partial charge in [-0.05, 0) is 48.9 Å². The normalized spacial score (nSPS) is 11.0. The van der Waals surface area contributed by atoms with Gasteiger partial charge in [0.05, 0.1) is 23.4 Å². The molecule has 156 valence electrons. The molecule has 30 heavy (non-hydrogen) atoms. The quantitative estimate of drug-likeness (QED) is 0.582. The first-order chi connectivity index (χ1) is 14.3. The summed E-state index contributed by atoms with van der Waals surface area (Å²) in [6.07, 6.45) is 0. The van der Waals surface area contributed by atoms with E-state index in [0.717, 1.165) is 9.87 Å². The zero-order chi connectivity index (χ0) is 21.7. The van der Waals surface area contributed by atoms with Crippen LogP contribution in [0.5, 0.6) is 5.75 Å². The number of para-hydroxylation sites is 1. The summed E-state index contributed by atoms with van der Waals surface area (Å²) in [4.78, 5) is 12.9. The molecule has 0 heterocycles. The van der Waals surface area contributed by atoms with Gasteiger partial charge in [0, 0.05) is 5.02 Å². The maximum Gasteiger partial charge on any atom is 0.264 e. The van der Waals surface area contributed by atoms with Gasteiger partial charge < -0.3 is 10.1 Å². The number of hydrogen-bond donors (Lipinski definition) is 1. The molecular weight excluding hydrogens is 424 g/mol. The molecule has 3 aromatic carbocycles. The van der Waals surface area contributed by atoms with Crippen molar-refractivity contribution in [1.29, 1.82) is 0 Å². The van der Waals surface area contributed by atoms with E-state index in [-0.39, 0.29) is 4.90 Å². The lowest BCUT2D eigenvalue weighted by molar-refractivity contribution is -0.114. The minimum atomic E-state index is -3.97. The van der Waals surface area contributed by atoms with E-state index in [4.69, 9.17) is 16.3 Å². The van der Waals surface area contributed by atoms with E-state index in [1.807, 2.05) is 6.07 Å². The van der Waals surface area contributed by atoms with Gasteiger partial charge in [-0.3, -0.25) is 9.10 Å². The summed E-state index contributed by atoms with van der Waals surface area (Å²) >= 11 is 6.02. The van der Waals surface area contributed by atoms with Crippen LogP contribution in [0, 0.1) is 6.92 Å². The van der Waals surface area contributed by atoms with Crippen LogP contribution in [0.1, 0.15) is 5.56 Å². The van der Waals surface area contributed by atoms with E-state index in [1.165, 1.54) is 19.2 Å². The average Bonchev–Trinajstić information content (AvgIpc) is 2.73. The Hall–Kier alpha value is -3.03. The number of rotatable bonds is 7. The first-order valence-corrected chi connectivity index (χ1v) is 10.9. The molecule has 0 atom stereocenters. The molecule has 1 amide bonds. The molecule has 3 rings (SSSR count). The molecule has 6 nitrogen and oxygen atoms in total. The number of amides is 1. The highest BCUT2D eigenvalue weighted by Crippen LogP contribution is 2.29. The number of carbonyl (C=O) groups excluding carboxylic acids is 1. The van der Waals surface area contributed by atoms with Gasteiger partial charge in [-0.15, -0.1) is 0 Å². The zero-order valence-corrected chi connectivity index (χ0v) is 18.1. The lowest BCUT2D eigenvalue weighted by atomic mass is 10.2. The zero-order valence-electron chi connectivity index (χ0n) is 16.5. The number of carbonyl (C=O) groups is 1. The standard InChI is InChI=1S/C22H21ClN2O4S/c1-16-8-6-7-11-20(16)25(30(27,28)18-9-4-3-5-10-18)15-22(26)24-19-14-17(23)12-13-21(19)29-2/h3-14H,15H2,1-2H3,(H,24,26). The van der Waals surface area contributed by atoms with Crippen LogP contribution in [-0.2, 0) is 14.8 Å². The van der Waals surface area contributed by atoms with Crippen molar-refractivity contribution in [3.63, 3.8) is 0 Å². The first kappa shape index (κ1) is 21.7. The summed E-state index contributed by atoms with van der Waals surface area (Å²) in [5, 5.41) is 3.11. The van der Waals surface area contributed by atoms with Crippen LogP contribution in [-0.4, -0.2) is 28.0 Å². The molecule has 1 N–H and O–H groups in total. The fraction of sp³-hybridized carbons (Fsp3) is 0.136. The van der Waals surface area contributed by atoms with Crippen LogP contribution in [0.3, 0.4) is 0 Å². The Labute approximate surface area is 181 Å². The van der Waals surface area contributed by atoms with Gasteiger partial charge in [0.1, 0.15) is 12.3 Å². The van der Waals surface area contributed by atoms with Gasteiger partial charge in [-0.2, -0.15) is 0 Å². The molecule has 0 aliphatic heterocycles. The van der Waals surface area contributed by atoms with E-state index in [9.17, 15) is 13.2 Å². The van der Waals surface area contributed by atoms with Crippen molar-refractivity contribution in [2.24, 2.45) is 0 Å². The molecule has 0 saturated carbocycles. The Kier molecular flexibility index (Phi) is 6.64. The van der Waals surface area contributed by atoms with Gasteiger partial charge in [0.15, 0.2) is 0 Å². The van der Waals surface area contributed by atoms with E-state index in [2.05, 4.69) is 5.32 Å². The number of halogens is 1. The van der Waals surface area contributed by atoms with E-state index < -0.39 is 22.5 Å². The Morgan fingerprint density at radius 2 is 1.70 bits per heavy atom. The van der Waals surface area contributed by atoms with E-state index >= 15 is 0 Å². The van der Waals surface area contributed by atoms with Crippen molar-refractivity contribution in [3.8, 4) is 5.75 Å². The number of hydrogen-bond acceptors (Lipinski definition) is 4. The molecule has 3 aromatic rings. The summed E-state index contributed by atoms with van der Waals surface area (Å²) in [6.45, 7) is 1.37. The van der Waals surface area contributed by atoms with Crippen molar-refractivity contribution in [1.82, 2.24) is 0 Å². The topological polar surface area (TPSA) is 75.7 Å². The molecule has 8 heteroatoms. The summed E-state index contributed by atoms with van der Waals surface area (Å²) < 4.78 is 33.0. The molecule has 0 spiro atoms. The van der Waals surface area contributed by atoms with Crippen LogP contribution in [0.2, 0.25) is 5.02 Å². The Morgan fingerprint density at radius 3 is 2.37 bits per heavy atom. The van der Waals surface area contributed by atoms with Crippen molar-refractivity contribution >= 4 is 38.9 Å². The minimum absolute atomic E-state index is 0.0985. The number of anilines is 2. The van der Waals surface area contributed by atoms with Crippen LogP contribution >= 0.6 is 11.6 Å². The number of nitrogens with one attached hydrogen (secondary N) is 1. The van der Waals surface area contributed by atoms with Crippen LogP contribution in [0.15, 0.2) is 77.7 Å². The maximum absolute atomic E-state index is 13.4. The fourth-order valence-electron chi connectivity index (χ4n) is 2.96. The largest absolute Gasteiger partial charge is 0.495 e. The number of benzene rings is 3. The third-order valence-electron chi connectivity index (χ3n) is 4.44. The van der Waals surface area contributed by atoms with Crippen molar-refractivity contribution in [2.75, 3.05) is 23.3 Å². The van der Waals surface area contributed by atoms with E-state index in [1.54, 1.807) is 61.5 Å². The average molecular weight is 445 g/mol. The van der Waals surface area contributed by atoms with Gasteiger partial charge >= 0.3 is 0 Å². The van der Waals surface area contributed by atoms with Gasteiger partial charge in [-0.1, -0.05) is 48.0 Å². The summed E-state index contributed by atoms with van der Waals surface area (Å²) in [6, 6.07) is 19.8. The molecular formula is C22H21ClN2O4S. The smallest absolute Gasteiger partial charge is 0.264 e. The third kappa shape index (κ3) is 4.75. The van der Waals surface area contributed by atoms with Crippen molar-refractivity contribution in [2.45, 2.75) is 11.8 Å². The molecule has 0 aliphatic carbocycles. The van der Waals surface area contributed by atoms with Crippen LogP contribution < -0.4 is 14.4 Å². The highest BCUT2D eigenvalue weighted by Gasteiger charge is 2.28. The second-order valence-corrected chi connectivity index (χ2v) is 8.80. The highest BCUT2D eigenvalue weighted by atomic mass is 35.5. The molecule has 0 aromatic heterocycles. The number of methoxy groups -OCH3 is 1. The second kappa shape index (κ2) is 9.19. The van der Waals surface area contributed by atoms with Gasteiger partial charge in [0.25, 0.3) is 10.0 Å². The monoisotopic (exact) mass is 444 g/mol. The lowest BCUT2D eigenvalue weighted by Gasteiger charge is -2.25. The molecule has 0 saturated heterocycles. The summed E-state index contributed by atoms with van der Waals surface area (Å²) in [7, 11) is -2.50. The summed E-state index contributed by atoms with van der Waals surface area (Å²) in [5.74, 6) is -0.112. The third-order valence-corrected chi connectivity index (χ3v) is 6.45. The molecule has 0 aliphatic rings. The minimum Gasteiger partial charge on any atom is -0.495 e. The number of aryl methyl sites for hydroxylation is 1. The molecule has 0 radical (unpaired) electrons. The molecule has 0 unspecified atom stereocenters. The summed E-state index contributed by atoms with van der Waals surface area (Å²) in [5.41, 5.74) is 1.51. The Balaban J connectivity index is 1.97. The SMILES string of the molecule is COc1ccc(Cl)cc1NC(=O)CN(c1ccccc1C)S(=O)(=O)c1ccccc1. The van der Waals surface area contributed by atoms with Crippen LogP contribution in [0.25, 0.3) is 0 Å². The van der Waals surface area contributed by atoms with Gasteiger partial charge in [0.2, 0.25) is 5.91 Å². The number of sulfonamides is 1. The fourth-order valence-corrected chi connectivity index (χ4v) is 4.64. The Bertz CT molecular complexity index is 1150. The molecule has 0 bridgehead atoms. The maximum atomic E-state index is 13.4. The second-order valence-electron chi connectivity index (χ2n) is 6.50. The van der Waals surface area contributed by atoms with Crippen molar-refractivity contribution < 1.29 is 17.9 Å². The number of ether oxygens (including phenoxy) is 1. The Morgan fingerprint density at radius 1 is 1.03 bits per heavy atom. The van der Waals surface area contributed by atoms with E-state index in [0.29, 0.717) is 22.1 Å².